The Kier molecular flexibility index (Phi) is 9.65. The molecule has 2 unspecified atom stereocenters. The average molecular weight is 500 g/mol. The molecule has 3 atom stereocenters. The number of carbonyl (C=O) groups excluding carboxylic acids is 2. The minimum Gasteiger partial charge on any atom is -0.406 e. The monoisotopic (exact) mass is 499 g/mol. The average Bonchev–Trinajstić information content (AvgIpc) is 3.34. The highest BCUT2D eigenvalue weighted by Crippen LogP contribution is 2.33. The molecule has 2 amide bonds. The number of carbonyl (C=O) groups is 2. The number of hydrogen-bond acceptors (Lipinski definition) is 5. The van der Waals surface area contributed by atoms with E-state index in [0.29, 0.717) is 50.9 Å². The standard InChI is InChI=1S/C25H36F3N3O4/c1-17(16-29-20-7-9-21(10-8-20)35-25(26,27)28)30-23(32)22(15-19-5-3-4-6-19)18(2)24(33)31-11-13-34-14-12-31/h7-10,17-19,22,29H,3-6,11-16H2,1-2H3,(H,30,32)/t17-,18?,22?/m0/s1. The number of ether oxygens (including phenoxy) is 2. The number of hydrogen-bond donors (Lipinski definition) is 2. The molecule has 0 spiro atoms. The van der Waals surface area contributed by atoms with Crippen molar-refractivity contribution in [1.82, 2.24) is 10.2 Å². The lowest BCUT2D eigenvalue weighted by molar-refractivity contribution is -0.274. The zero-order chi connectivity index (χ0) is 25.4. The summed E-state index contributed by atoms with van der Waals surface area (Å²) in [6.45, 7) is 6.22. The molecule has 2 N–H and O–H groups in total. The van der Waals surface area contributed by atoms with Gasteiger partial charge in [-0.15, -0.1) is 13.2 Å². The molecule has 10 heteroatoms. The highest BCUT2D eigenvalue weighted by molar-refractivity contribution is 5.87. The van der Waals surface area contributed by atoms with Crippen LogP contribution in [0.1, 0.15) is 46.0 Å². The van der Waals surface area contributed by atoms with Crippen molar-refractivity contribution < 1.29 is 32.2 Å². The largest absolute Gasteiger partial charge is 0.573 e. The molecular formula is C25H36F3N3O4. The van der Waals surface area contributed by atoms with Crippen molar-refractivity contribution in [3.05, 3.63) is 24.3 Å². The van der Waals surface area contributed by atoms with Crippen LogP contribution in [0.4, 0.5) is 18.9 Å². The first-order valence-corrected chi connectivity index (χ1v) is 12.4. The zero-order valence-corrected chi connectivity index (χ0v) is 20.4. The maximum Gasteiger partial charge on any atom is 0.573 e. The summed E-state index contributed by atoms with van der Waals surface area (Å²) in [6, 6.07) is 5.19. The highest BCUT2D eigenvalue weighted by Gasteiger charge is 2.36. The fourth-order valence-electron chi connectivity index (χ4n) is 4.83. The Morgan fingerprint density at radius 2 is 1.74 bits per heavy atom. The molecule has 2 fully saturated rings. The number of rotatable bonds is 10. The molecule has 1 heterocycles. The van der Waals surface area contributed by atoms with Crippen LogP contribution in [0.15, 0.2) is 24.3 Å². The number of nitrogens with zero attached hydrogens (tertiary/aromatic N) is 1. The Labute approximate surface area is 204 Å². The molecule has 1 aliphatic carbocycles. The summed E-state index contributed by atoms with van der Waals surface area (Å²) >= 11 is 0. The van der Waals surface area contributed by atoms with Crippen LogP contribution in [0.2, 0.25) is 0 Å². The minimum absolute atomic E-state index is 0.00149. The maximum atomic E-state index is 13.3. The molecule has 2 aliphatic rings. The second-order valence-corrected chi connectivity index (χ2v) is 9.58. The first kappa shape index (κ1) is 27.1. The van der Waals surface area contributed by atoms with E-state index in [9.17, 15) is 22.8 Å². The van der Waals surface area contributed by atoms with Crippen LogP contribution in [0, 0.1) is 17.8 Å². The van der Waals surface area contributed by atoms with Crippen molar-refractivity contribution >= 4 is 17.5 Å². The molecule has 0 aromatic heterocycles. The summed E-state index contributed by atoms with van der Waals surface area (Å²) in [5.74, 6) is -0.799. The van der Waals surface area contributed by atoms with Crippen molar-refractivity contribution in [1.29, 1.82) is 0 Å². The van der Waals surface area contributed by atoms with Crippen LogP contribution in [0.5, 0.6) is 5.75 Å². The fourth-order valence-corrected chi connectivity index (χ4v) is 4.83. The molecule has 35 heavy (non-hydrogen) atoms. The summed E-state index contributed by atoms with van der Waals surface area (Å²) < 4.78 is 46.2. The van der Waals surface area contributed by atoms with Crippen molar-refractivity contribution in [3.8, 4) is 5.75 Å². The highest BCUT2D eigenvalue weighted by atomic mass is 19.4. The Bertz CT molecular complexity index is 822. The third-order valence-corrected chi connectivity index (χ3v) is 6.80. The number of benzene rings is 1. The van der Waals surface area contributed by atoms with Gasteiger partial charge in [-0.3, -0.25) is 9.59 Å². The van der Waals surface area contributed by atoms with Gasteiger partial charge in [-0.2, -0.15) is 0 Å². The van der Waals surface area contributed by atoms with Crippen molar-refractivity contribution in [2.45, 2.75) is 58.4 Å². The Morgan fingerprint density at radius 1 is 1.11 bits per heavy atom. The van der Waals surface area contributed by atoms with Crippen LogP contribution >= 0.6 is 0 Å². The van der Waals surface area contributed by atoms with Gasteiger partial charge in [0, 0.05) is 43.2 Å². The third-order valence-electron chi connectivity index (χ3n) is 6.80. The molecule has 0 bridgehead atoms. The lowest BCUT2D eigenvalue weighted by atomic mass is 9.83. The molecule has 1 aromatic carbocycles. The summed E-state index contributed by atoms with van der Waals surface area (Å²) in [5, 5.41) is 6.15. The molecule has 0 radical (unpaired) electrons. The number of nitrogens with one attached hydrogen (secondary N) is 2. The molecule has 3 rings (SSSR count). The van der Waals surface area contributed by atoms with Gasteiger partial charge in [-0.05, 0) is 43.5 Å². The van der Waals surface area contributed by atoms with Gasteiger partial charge in [0.05, 0.1) is 13.2 Å². The number of morpholine rings is 1. The Balaban J connectivity index is 1.55. The number of anilines is 1. The van der Waals surface area contributed by atoms with E-state index in [1.54, 1.807) is 4.90 Å². The normalized spacial score (nSPS) is 19.6. The van der Waals surface area contributed by atoms with E-state index in [-0.39, 0.29) is 23.6 Å². The van der Waals surface area contributed by atoms with Crippen LogP contribution in [0.25, 0.3) is 0 Å². The SMILES string of the molecule is CC(C(=O)N1CCOCC1)C(CC1CCCC1)C(=O)N[C@@H](C)CNc1ccc(OC(F)(F)F)cc1. The van der Waals surface area contributed by atoms with Gasteiger partial charge in [0.2, 0.25) is 11.8 Å². The van der Waals surface area contributed by atoms with Gasteiger partial charge in [-0.1, -0.05) is 32.6 Å². The van der Waals surface area contributed by atoms with E-state index in [1.807, 2.05) is 13.8 Å². The summed E-state index contributed by atoms with van der Waals surface area (Å²) in [7, 11) is 0. The molecule has 1 saturated heterocycles. The van der Waals surface area contributed by atoms with Gasteiger partial charge in [0.25, 0.3) is 0 Å². The van der Waals surface area contributed by atoms with Gasteiger partial charge >= 0.3 is 6.36 Å². The molecule has 1 aromatic rings. The quantitative estimate of drug-likeness (QED) is 0.505. The van der Waals surface area contributed by atoms with E-state index in [1.165, 1.54) is 24.3 Å². The van der Waals surface area contributed by atoms with Gasteiger partial charge in [-0.25, -0.2) is 0 Å². The zero-order valence-electron chi connectivity index (χ0n) is 20.4. The van der Waals surface area contributed by atoms with Crippen molar-refractivity contribution in [3.63, 3.8) is 0 Å². The summed E-state index contributed by atoms with van der Waals surface area (Å²) in [4.78, 5) is 28.2. The second kappa shape index (κ2) is 12.5. The first-order chi connectivity index (χ1) is 16.6. The Morgan fingerprint density at radius 3 is 2.34 bits per heavy atom. The Hall–Kier alpha value is -2.49. The summed E-state index contributed by atoms with van der Waals surface area (Å²) in [6.07, 6.45) is 0.476. The topological polar surface area (TPSA) is 79.9 Å². The van der Waals surface area contributed by atoms with Gasteiger partial charge in [0.15, 0.2) is 0 Å². The van der Waals surface area contributed by atoms with Crippen molar-refractivity contribution in [2.24, 2.45) is 17.8 Å². The minimum atomic E-state index is -4.73. The predicted molar refractivity (Wildman–Crippen MR) is 126 cm³/mol. The van der Waals surface area contributed by atoms with E-state index >= 15 is 0 Å². The molecule has 1 aliphatic heterocycles. The predicted octanol–water partition coefficient (Wildman–Crippen LogP) is 4.19. The van der Waals surface area contributed by atoms with E-state index in [2.05, 4.69) is 15.4 Å². The number of halogens is 3. The number of alkyl halides is 3. The van der Waals surface area contributed by atoms with Gasteiger partial charge < -0.3 is 25.0 Å². The molecular weight excluding hydrogens is 463 g/mol. The van der Waals surface area contributed by atoms with Crippen LogP contribution in [-0.2, 0) is 14.3 Å². The van der Waals surface area contributed by atoms with Crippen LogP contribution in [-0.4, -0.2) is 62.0 Å². The smallest absolute Gasteiger partial charge is 0.406 e. The van der Waals surface area contributed by atoms with Crippen LogP contribution in [0.3, 0.4) is 0 Å². The first-order valence-electron chi connectivity index (χ1n) is 12.4. The fraction of sp³-hybridized carbons (Fsp3) is 0.680. The summed E-state index contributed by atoms with van der Waals surface area (Å²) in [5.41, 5.74) is 0.610. The maximum absolute atomic E-state index is 13.3. The lowest BCUT2D eigenvalue weighted by Crippen LogP contribution is -2.49. The van der Waals surface area contributed by atoms with E-state index < -0.39 is 18.2 Å². The van der Waals surface area contributed by atoms with Crippen molar-refractivity contribution in [2.75, 3.05) is 38.2 Å². The second-order valence-electron chi connectivity index (χ2n) is 9.58. The molecule has 1 saturated carbocycles. The van der Waals surface area contributed by atoms with E-state index in [0.717, 1.165) is 25.7 Å². The molecule has 7 nitrogen and oxygen atoms in total. The van der Waals surface area contributed by atoms with Crippen LogP contribution < -0.4 is 15.4 Å². The lowest BCUT2D eigenvalue weighted by Gasteiger charge is -2.33. The molecule has 196 valence electrons. The third kappa shape index (κ3) is 8.59. The van der Waals surface area contributed by atoms with E-state index in [4.69, 9.17) is 4.74 Å². The number of amides is 2. The van der Waals surface area contributed by atoms with Gasteiger partial charge in [0.1, 0.15) is 5.75 Å².